The molecule has 1 rings (SSSR count). The minimum Gasteiger partial charge on any atom is -0.354 e. The second-order valence-electron chi connectivity index (χ2n) is 3.87. The Bertz CT molecular complexity index is 349. The first-order valence-corrected chi connectivity index (χ1v) is 6.72. The van der Waals surface area contributed by atoms with Crippen molar-refractivity contribution in [1.29, 1.82) is 0 Å². The van der Waals surface area contributed by atoms with Gasteiger partial charge in [-0.2, -0.15) is 0 Å². The predicted octanol–water partition coefficient (Wildman–Crippen LogP) is 3.46. The van der Waals surface area contributed by atoms with Crippen LogP contribution in [0.4, 0.5) is 0 Å². The van der Waals surface area contributed by atoms with Crippen LogP contribution in [-0.4, -0.2) is 19.3 Å². The molecular formula is C15H25NO3. The van der Waals surface area contributed by atoms with E-state index in [1.165, 1.54) is 0 Å². The van der Waals surface area contributed by atoms with Crippen LogP contribution in [0.1, 0.15) is 49.5 Å². The lowest BCUT2D eigenvalue weighted by Crippen LogP contribution is -2.30. The van der Waals surface area contributed by atoms with Crippen molar-refractivity contribution in [1.82, 2.24) is 5.48 Å². The van der Waals surface area contributed by atoms with Crippen LogP contribution in [0.15, 0.2) is 24.3 Å². The first-order valence-electron chi connectivity index (χ1n) is 6.72. The van der Waals surface area contributed by atoms with Crippen molar-refractivity contribution in [2.24, 2.45) is 0 Å². The predicted molar refractivity (Wildman–Crippen MR) is 76.8 cm³/mol. The molecule has 0 radical (unpaired) electrons. The van der Waals surface area contributed by atoms with E-state index in [2.05, 4.69) is 5.48 Å². The highest BCUT2D eigenvalue weighted by Crippen LogP contribution is 2.04. The Morgan fingerprint density at radius 1 is 1.26 bits per heavy atom. The smallest absolute Gasteiger partial charge is 0.274 e. The summed E-state index contributed by atoms with van der Waals surface area (Å²) in [7, 11) is 1.55. The number of amides is 1. The molecule has 0 spiro atoms. The van der Waals surface area contributed by atoms with Gasteiger partial charge in [-0.3, -0.25) is 4.79 Å². The van der Waals surface area contributed by atoms with Gasteiger partial charge in [0.1, 0.15) is 0 Å². The van der Waals surface area contributed by atoms with Crippen LogP contribution >= 0.6 is 0 Å². The molecule has 0 aliphatic heterocycles. The maximum atomic E-state index is 11.7. The maximum absolute atomic E-state index is 11.7. The third-order valence-electron chi connectivity index (χ3n) is 2.38. The van der Waals surface area contributed by atoms with E-state index in [1.54, 1.807) is 19.2 Å². The molecule has 4 nitrogen and oxygen atoms in total. The molecule has 1 amide bonds. The zero-order valence-electron chi connectivity index (χ0n) is 12.5. The summed E-state index contributed by atoms with van der Waals surface area (Å²) in [5.74, 6) is -0.261. The second-order valence-corrected chi connectivity index (χ2v) is 3.87. The van der Waals surface area contributed by atoms with Crippen molar-refractivity contribution in [3.05, 3.63) is 35.4 Å². The van der Waals surface area contributed by atoms with E-state index in [4.69, 9.17) is 9.57 Å². The summed E-state index contributed by atoms with van der Waals surface area (Å²) in [6.07, 6.45) is 1.28. The summed E-state index contributed by atoms with van der Waals surface area (Å²) in [5.41, 5.74) is 4.08. The van der Waals surface area contributed by atoms with Gasteiger partial charge in [0.15, 0.2) is 6.29 Å². The molecule has 4 heteroatoms. The molecule has 1 N–H and O–H groups in total. The standard InChI is InChI=1S/C13H19NO3.C2H6/c1-4-5-12(16-3)17-14-13(15)11-8-6-10(2)7-9-11;1-2/h6-9,12H,4-5H2,1-3H3,(H,14,15);1-2H3. The molecule has 0 heterocycles. The van der Waals surface area contributed by atoms with Crippen molar-refractivity contribution in [3.8, 4) is 0 Å². The molecule has 1 aromatic rings. The number of hydrogen-bond acceptors (Lipinski definition) is 3. The average molecular weight is 267 g/mol. The van der Waals surface area contributed by atoms with Crippen LogP contribution in [0, 0.1) is 6.92 Å². The Kier molecular flexibility index (Phi) is 9.75. The highest BCUT2D eigenvalue weighted by molar-refractivity contribution is 5.93. The SMILES string of the molecule is CC.CCCC(OC)ONC(=O)c1ccc(C)cc1. The number of hydrogen-bond donors (Lipinski definition) is 1. The Hall–Kier alpha value is -1.39. The van der Waals surface area contributed by atoms with E-state index in [0.717, 1.165) is 18.4 Å². The van der Waals surface area contributed by atoms with Gasteiger partial charge >= 0.3 is 0 Å². The summed E-state index contributed by atoms with van der Waals surface area (Å²) in [6, 6.07) is 7.29. The molecule has 0 aromatic heterocycles. The van der Waals surface area contributed by atoms with Crippen LogP contribution in [0.5, 0.6) is 0 Å². The summed E-state index contributed by atoms with van der Waals surface area (Å²) in [5, 5.41) is 0. The van der Waals surface area contributed by atoms with E-state index in [1.807, 2.05) is 39.8 Å². The molecule has 0 aliphatic rings. The second kappa shape index (κ2) is 10.5. The number of ether oxygens (including phenoxy) is 1. The summed E-state index contributed by atoms with van der Waals surface area (Å²) >= 11 is 0. The minimum atomic E-state index is -0.394. The zero-order valence-corrected chi connectivity index (χ0v) is 12.5. The maximum Gasteiger partial charge on any atom is 0.274 e. The number of carbonyl (C=O) groups excluding carboxylic acids is 1. The fraction of sp³-hybridized carbons (Fsp3) is 0.533. The van der Waals surface area contributed by atoms with Crippen LogP contribution in [0.3, 0.4) is 0 Å². The summed E-state index contributed by atoms with van der Waals surface area (Å²) in [6.45, 7) is 8.00. The highest BCUT2D eigenvalue weighted by atomic mass is 16.8. The lowest BCUT2D eigenvalue weighted by molar-refractivity contribution is -0.157. The van der Waals surface area contributed by atoms with Gasteiger partial charge in [0, 0.05) is 19.1 Å². The fourth-order valence-electron chi connectivity index (χ4n) is 1.34. The lowest BCUT2D eigenvalue weighted by Gasteiger charge is -2.15. The van der Waals surface area contributed by atoms with Crippen LogP contribution in [0.2, 0.25) is 0 Å². The molecule has 1 aromatic carbocycles. The lowest BCUT2D eigenvalue weighted by atomic mass is 10.1. The molecule has 0 fully saturated rings. The number of methoxy groups -OCH3 is 1. The van der Waals surface area contributed by atoms with Gasteiger partial charge in [0.25, 0.3) is 5.91 Å². The van der Waals surface area contributed by atoms with Crippen LogP contribution in [0.25, 0.3) is 0 Å². The topological polar surface area (TPSA) is 47.6 Å². The van der Waals surface area contributed by atoms with Crippen molar-refractivity contribution >= 4 is 5.91 Å². The molecule has 108 valence electrons. The number of nitrogens with one attached hydrogen (secondary N) is 1. The third kappa shape index (κ3) is 6.94. The Balaban J connectivity index is 0.00000154. The van der Waals surface area contributed by atoms with Gasteiger partial charge in [-0.15, -0.1) is 0 Å². The Labute approximate surface area is 116 Å². The summed E-state index contributed by atoms with van der Waals surface area (Å²) < 4.78 is 5.06. The monoisotopic (exact) mass is 267 g/mol. The largest absolute Gasteiger partial charge is 0.354 e. The minimum absolute atomic E-state index is 0.261. The number of aryl methyl sites for hydroxylation is 1. The van der Waals surface area contributed by atoms with E-state index in [0.29, 0.717) is 5.56 Å². The molecule has 19 heavy (non-hydrogen) atoms. The number of benzene rings is 1. The van der Waals surface area contributed by atoms with Crippen LogP contribution < -0.4 is 5.48 Å². The van der Waals surface area contributed by atoms with Gasteiger partial charge in [-0.1, -0.05) is 44.9 Å². The number of carbonyl (C=O) groups is 1. The molecule has 1 unspecified atom stereocenters. The Morgan fingerprint density at radius 2 is 1.84 bits per heavy atom. The first kappa shape index (κ1) is 17.6. The highest BCUT2D eigenvalue weighted by Gasteiger charge is 2.10. The molecule has 0 bridgehead atoms. The van der Waals surface area contributed by atoms with Gasteiger partial charge in [0.2, 0.25) is 0 Å². The summed E-state index contributed by atoms with van der Waals surface area (Å²) in [4.78, 5) is 16.8. The van der Waals surface area contributed by atoms with Crippen LogP contribution in [-0.2, 0) is 9.57 Å². The van der Waals surface area contributed by atoms with E-state index in [9.17, 15) is 4.79 Å². The molecular weight excluding hydrogens is 242 g/mol. The van der Waals surface area contributed by atoms with Gasteiger partial charge in [0.05, 0.1) is 0 Å². The normalized spacial score (nSPS) is 11.2. The average Bonchev–Trinajstić information content (AvgIpc) is 2.46. The molecule has 0 aliphatic carbocycles. The van der Waals surface area contributed by atoms with Gasteiger partial charge in [-0.05, 0) is 19.1 Å². The van der Waals surface area contributed by atoms with E-state index in [-0.39, 0.29) is 5.91 Å². The van der Waals surface area contributed by atoms with Crippen molar-refractivity contribution in [2.75, 3.05) is 7.11 Å². The quantitative estimate of drug-likeness (QED) is 0.634. The van der Waals surface area contributed by atoms with Gasteiger partial charge < -0.3 is 4.74 Å². The van der Waals surface area contributed by atoms with Crippen molar-refractivity contribution in [3.63, 3.8) is 0 Å². The Morgan fingerprint density at radius 3 is 2.32 bits per heavy atom. The van der Waals surface area contributed by atoms with E-state index < -0.39 is 6.29 Å². The van der Waals surface area contributed by atoms with E-state index >= 15 is 0 Å². The van der Waals surface area contributed by atoms with Crippen molar-refractivity contribution < 1.29 is 14.4 Å². The number of rotatable bonds is 6. The van der Waals surface area contributed by atoms with Crippen molar-refractivity contribution in [2.45, 2.75) is 46.8 Å². The molecule has 0 saturated heterocycles. The first-order chi connectivity index (χ1) is 9.17. The third-order valence-corrected chi connectivity index (χ3v) is 2.38. The zero-order chi connectivity index (χ0) is 14.7. The van der Waals surface area contributed by atoms with Gasteiger partial charge in [-0.25, -0.2) is 10.3 Å². The number of hydroxylamine groups is 1. The molecule has 0 saturated carbocycles. The fourth-order valence-corrected chi connectivity index (χ4v) is 1.34. The molecule has 1 atom stereocenters.